The quantitative estimate of drug-likeness (QED) is 0.268. The number of aliphatic hydroxyl groups excluding tert-OH is 2. The molecule has 1 rings (SSSR count). The van der Waals surface area contributed by atoms with E-state index < -0.39 is 56.9 Å². The first-order valence-electron chi connectivity index (χ1n) is 6.18. The summed E-state index contributed by atoms with van der Waals surface area (Å²) in [6, 6.07) is -1.38. The van der Waals surface area contributed by atoms with Crippen molar-refractivity contribution in [1.82, 2.24) is 5.32 Å². The number of nitrogens with one attached hydrogen (secondary N) is 1. The van der Waals surface area contributed by atoms with Gasteiger partial charge in [0.2, 0.25) is 5.91 Å². The minimum atomic E-state index is -5.01. The van der Waals surface area contributed by atoms with E-state index in [9.17, 15) is 19.3 Å². The number of carbonyl (C=O) groups is 2. The molecule has 5 atom stereocenters. The summed E-state index contributed by atoms with van der Waals surface area (Å²) in [5, 5.41) is 21.4. The Bertz CT molecular complexity index is 465. The van der Waals surface area contributed by atoms with Crippen LogP contribution in [0.3, 0.4) is 0 Å². The van der Waals surface area contributed by atoms with Gasteiger partial charge < -0.3 is 34.8 Å². The summed E-state index contributed by atoms with van der Waals surface area (Å²) in [5.74, 6) is -1.45. The summed E-state index contributed by atoms with van der Waals surface area (Å²) in [5.41, 5.74) is 0. The van der Waals surface area contributed by atoms with Crippen molar-refractivity contribution in [2.24, 2.45) is 0 Å². The van der Waals surface area contributed by atoms with E-state index in [1.54, 1.807) is 0 Å². The van der Waals surface area contributed by atoms with Gasteiger partial charge in [0.1, 0.15) is 18.2 Å². The first kappa shape index (κ1) is 19.0. The van der Waals surface area contributed by atoms with E-state index in [-0.39, 0.29) is 0 Å². The number of phosphoric ester groups is 1. The molecule has 1 amide bonds. The van der Waals surface area contributed by atoms with Crippen molar-refractivity contribution >= 4 is 19.7 Å². The molecule has 0 aliphatic carbocycles. The third-order valence-electron chi connectivity index (χ3n) is 2.77. The van der Waals surface area contributed by atoms with E-state index in [1.165, 1.54) is 0 Å². The second kappa shape index (κ2) is 7.47. The standard InChI is InChI=1S/C10H18NO10P/c1-4(13)11-7-9(19-5(2)14)8(15)6(3-12)20-10(7)21-22(16,17)18/h6-10,12,15H,3H2,1-2H3,(H,11,13)(H2,16,17,18)/t6-,7+,8-,9-,10-/m1/s1. The van der Waals surface area contributed by atoms with E-state index in [1.807, 2.05) is 0 Å². The third-order valence-corrected chi connectivity index (χ3v) is 3.25. The SMILES string of the molecule is CC(=O)N[C@@H]1[C@@H](OP(=O)(O)O)O[C@H](CO)[C@@H](O)[C@@H]1OC(C)=O. The lowest BCUT2D eigenvalue weighted by atomic mass is 9.96. The fraction of sp³-hybridized carbons (Fsp3) is 0.800. The molecule has 0 saturated carbocycles. The first-order chi connectivity index (χ1) is 10.0. The van der Waals surface area contributed by atoms with E-state index in [0.29, 0.717) is 0 Å². The number of hydrogen-bond acceptors (Lipinski definition) is 8. The van der Waals surface area contributed by atoms with Gasteiger partial charge in [0, 0.05) is 13.8 Å². The van der Waals surface area contributed by atoms with Gasteiger partial charge in [0.15, 0.2) is 12.4 Å². The normalized spacial score (nSPS) is 32.4. The van der Waals surface area contributed by atoms with Crippen LogP contribution in [0.4, 0.5) is 0 Å². The number of phosphoric acid groups is 1. The smallest absolute Gasteiger partial charge is 0.457 e. The van der Waals surface area contributed by atoms with Crippen molar-refractivity contribution in [2.45, 2.75) is 44.5 Å². The number of ether oxygens (including phenoxy) is 2. The number of amides is 1. The molecule has 0 aromatic rings. The molecule has 1 aliphatic rings. The number of rotatable bonds is 5. The Kier molecular flexibility index (Phi) is 6.44. The van der Waals surface area contributed by atoms with Crippen LogP contribution >= 0.6 is 7.82 Å². The Morgan fingerprint density at radius 2 is 1.91 bits per heavy atom. The van der Waals surface area contributed by atoms with Gasteiger partial charge in [-0.2, -0.15) is 0 Å². The highest BCUT2D eigenvalue weighted by Crippen LogP contribution is 2.41. The van der Waals surface area contributed by atoms with Crippen LogP contribution in [-0.4, -0.2) is 69.1 Å². The summed E-state index contributed by atoms with van der Waals surface area (Å²) >= 11 is 0. The van der Waals surface area contributed by atoms with Crippen molar-refractivity contribution in [3.05, 3.63) is 0 Å². The molecule has 12 heteroatoms. The summed E-state index contributed by atoms with van der Waals surface area (Å²) in [6.45, 7) is 1.41. The number of esters is 1. The molecule has 0 spiro atoms. The van der Waals surface area contributed by atoms with Crippen LogP contribution in [-0.2, 0) is 28.2 Å². The van der Waals surface area contributed by atoms with Gasteiger partial charge in [-0.05, 0) is 0 Å². The topological polar surface area (TPSA) is 172 Å². The van der Waals surface area contributed by atoms with Crippen molar-refractivity contribution in [2.75, 3.05) is 6.61 Å². The third kappa shape index (κ3) is 5.29. The average Bonchev–Trinajstić information content (AvgIpc) is 2.34. The Labute approximate surface area is 125 Å². The van der Waals surface area contributed by atoms with Gasteiger partial charge in [0.25, 0.3) is 0 Å². The van der Waals surface area contributed by atoms with Gasteiger partial charge in [0.05, 0.1) is 6.61 Å². The van der Waals surface area contributed by atoms with Gasteiger partial charge in [-0.1, -0.05) is 0 Å². The molecule has 128 valence electrons. The highest BCUT2D eigenvalue weighted by atomic mass is 31.2. The maximum atomic E-state index is 11.2. The van der Waals surface area contributed by atoms with Crippen LogP contribution < -0.4 is 5.32 Å². The highest BCUT2D eigenvalue weighted by molar-refractivity contribution is 7.46. The average molecular weight is 343 g/mol. The molecule has 0 aromatic heterocycles. The Morgan fingerprint density at radius 3 is 2.32 bits per heavy atom. The van der Waals surface area contributed by atoms with Crippen LogP contribution in [0.5, 0.6) is 0 Å². The van der Waals surface area contributed by atoms with Gasteiger partial charge in [-0.3, -0.25) is 14.1 Å². The molecular formula is C10H18NO10P. The molecule has 1 saturated heterocycles. The van der Waals surface area contributed by atoms with Crippen LogP contribution in [0.1, 0.15) is 13.8 Å². The van der Waals surface area contributed by atoms with Gasteiger partial charge in [-0.25, -0.2) is 4.57 Å². The molecule has 5 N–H and O–H groups in total. The predicted molar refractivity (Wildman–Crippen MR) is 68.0 cm³/mol. The van der Waals surface area contributed by atoms with E-state index >= 15 is 0 Å². The zero-order valence-electron chi connectivity index (χ0n) is 11.8. The second-order valence-electron chi connectivity index (χ2n) is 4.61. The summed E-state index contributed by atoms with van der Waals surface area (Å²) in [4.78, 5) is 40.1. The van der Waals surface area contributed by atoms with Crippen LogP contribution in [0.25, 0.3) is 0 Å². The van der Waals surface area contributed by atoms with E-state index in [2.05, 4.69) is 9.84 Å². The molecule has 1 fully saturated rings. The first-order valence-corrected chi connectivity index (χ1v) is 7.71. The van der Waals surface area contributed by atoms with Crippen LogP contribution in [0, 0.1) is 0 Å². The summed E-state index contributed by atoms with van der Waals surface area (Å²) < 4.78 is 25.3. The predicted octanol–water partition coefficient (Wildman–Crippen LogP) is -2.39. The largest absolute Gasteiger partial charge is 0.472 e. The molecule has 22 heavy (non-hydrogen) atoms. The molecule has 0 aromatic carbocycles. The Balaban J connectivity index is 3.11. The lowest BCUT2D eigenvalue weighted by Crippen LogP contribution is -2.65. The second-order valence-corrected chi connectivity index (χ2v) is 5.80. The van der Waals surface area contributed by atoms with Crippen LogP contribution in [0.15, 0.2) is 0 Å². The molecule has 0 bridgehead atoms. The van der Waals surface area contributed by atoms with Gasteiger partial charge >= 0.3 is 13.8 Å². The summed E-state index contributed by atoms with van der Waals surface area (Å²) in [7, 11) is -5.01. The van der Waals surface area contributed by atoms with E-state index in [4.69, 9.17) is 24.4 Å². The van der Waals surface area contributed by atoms with Gasteiger partial charge in [-0.15, -0.1) is 0 Å². The van der Waals surface area contributed by atoms with Crippen molar-refractivity contribution in [3.8, 4) is 0 Å². The fourth-order valence-corrected chi connectivity index (χ4v) is 2.46. The molecule has 11 nitrogen and oxygen atoms in total. The van der Waals surface area contributed by atoms with Crippen molar-refractivity contribution < 1.29 is 48.2 Å². The lowest BCUT2D eigenvalue weighted by Gasteiger charge is -2.43. The molecular weight excluding hydrogens is 325 g/mol. The van der Waals surface area contributed by atoms with Crippen LogP contribution in [0.2, 0.25) is 0 Å². The number of carbonyl (C=O) groups excluding carboxylic acids is 2. The van der Waals surface area contributed by atoms with E-state index in [0.717, 1.165) is 13.8 Å². The maximum Gasteiger partial charge on any atom is 0.472 e. The number of aliphatic hydroxyl groups is 2. The molecule has 0 unspecified atom stereocenters. The van der Waals surface area contributed by atoms with Crippen molar-refractivity contribution in [1.29, 1.82) is 0 Å². The maximum absolute atomic E-state index is 11.2. The van der Waals surface area contributed by atoms with Crippen molar-refractivity contribution in [3.63, 3.8) is 0 Å². The number of hydrogen-bond donors (Lipinski definition) is 5. The Hall–Kier alpha value is -1.07. The summed E-state index contributed by atoms with van der Waals surface area (Å²) in [6.07, 6.45) is -6.04. The fourth-order valence-electron chi connectivity index (χ4n) is 2.01. The Morgan fingerprint density at radius 1 is 1.32 bits per heavy atom. The zero-order valence-corrected chi connectivity index (χ0v) is 12.7. The zero-order chi connectivity index (χ0) is 17.1. The minimum absolute atomic E-state index is 0.639. The molecule has 0 radical (unpaired) electrons. The highest BCUT2D eigenvalue weighted by Gasteiger charge is 2.49. The molecule has 1 heterocycles. The molecule has 1 aliphatic heterocycles. The monoisotopic (exact) mass is 343 g/mol. The minimum Gasteiger partial charge on any atom is -0.457 e. The lowest BCUT2D eigenvalue weighted by molar-refractivity contribution is -0.253.